The van der Waals surface area contributed by atoms with Gasteiger partial charge in [0.1, 0.15) is 5.82 Å². The number of aromatic amines is 1. The number of aromatic nitrogens is 4. The highest BCUT2D eigenvalue weighted by Gasteiger charge is 2.17. The lowest BCUT2D eigenvalue weighted by Crippen LogP contribution is -1.90. The first-order valence-electron chi connectivity index (χ1n) is 9.16. The Balaban J connectivity index is 1.86. The summed E-state index contributed by atoms with van der Waals surface area (Å²) in [5, 5.41) is 0. The van der Waals surface area contributed by atoms with E-state index in [2.05, 4.69) is 54.1 Å². The number of rotatable bonds is 4. The number of hydrogen-bond donors (Lipinski definition) is 1. The summed E-state index contributed by atoms with van der Waals surface area (Å²) in [6.07, 6.45) is 3.67. The molecule has 134 valence electrons. The second-order valence-electron chi connectivity index (χ2n) is 6.99. The largest absolute Gasteiger partial charge is 0.340 e. The Labute approximate surface area is 159 Å². The average molecular weight is 354 g/mol. The minimum atomic E-state index is 0.309. The highest BCUT2D eigenvalue weighted by molar-refractivity contribution is 5.80. The fourth-order valence-electron chi connectivity index (χ4n) is 3.12. The molecule has 0 saturated heterocycles. The second kappa shape index (κ2) is 7.16. The second-order valence-corrected chi connectivity index (χ2v) is 6.99. The Bertz CT molecular complexity index is 1060. The number of nitrogens with one attached hydrogen (secondary N) is 1. The molecular weight excluding hydrogens is 332 g/mol. The van der Waals surface area contributed by atoms with E-state index < -0.39 is 0 Å². The van der Waals surface area contributed by atoms with E-state index >= 15 is 0 Å². The number of benzene rings is 1. The number of pyridine rings is 2. The summed E-state index contributed by atoms with van der Waals surface area (Å²) in [7, 11) is 0. The third-order valence-corrected chi connectivity index (χ3v) is 4.54. The van der Waals surface area contributed by atoms with E-state index in [0.717, 1.165) is 45.3 Å². The van der Waals surface area contributed by atoms with Gasteiger partial charge in [0.15, 0.2) is 0 Å². The Morgan fingerprint density at radius 3 is 2.37 bits per heavy atom. The Kier molecular flexibility index (Phi) is 4.55. The van der Waals surface area contributed by atoms with Crippen LogP contribution in [0.1, 0.15) is 31.3 Å². The highest BCUT2D eigenvalue weighted by atomic mass is 15.0. The van der Waals surface area contributed by atoms with Crippen LogP contribution in [0.15, 0.2) is 67.0 Å². The smallest absolute Gasteiger partial charge is 0.109 e. The number of imidazole rings is 1. The standard InChI is InChI=1S/C23H22N4/c1-15(2)23-26-21(22(27-23)20-11-4-7-16(3)25-20)18-9-5-8-17(13-18)19-10-6-12-24-14-19/h4-15H,1-3H3,(H,26,27). The summed E-state index contributed by atoms with van der Waals surface area (Å²) >= 11 is 0. The summed E-state index contributed by atoms with van der Waals surface area (Å²) < 4.78 is 0. The Hall–Kier alpha value is -3.27. The van der Waals surface area contributed by atoms with Gasteiger partial charge in [0.2, 0.25) is 0 Å². The number of hydrogen-bond acceptors (Lipinski definition) is 3. The van der Waals surface area contributed by atoms with Gasteiger partial charge in [-0.15, -0.1) is 0 Å². The maximum absolute atomic E-state index is 4.91. The number of H-pyrrole nitrogens is 1. The lowest BCUT2D eigenvalue weighted by molar-refractivity contribution is 0.795. The van der Waals surface area contributed by atoms with Gasteiger partial charge in [-0.2, -0.15) is 0 Å². The molecule has 0 aliphatic carbocycles. The van der Waals surface area contributed by atoms with Gasteiger partial charge in [0, 0.05) is 35.1 Å². The first-order chi connectivity index (χ1) is 13.1. The molecule has 4 heteroatoms. The molecule has 3 heterocycles. The fraction of sp³-hybridized carbons (Fsp3) is 0.174. The van der Waals surface area contributed by atoms with E-state index in [1.165, 1.54) is 0 Å². The average Bonchev–Trinajstić information content (AvgIpc) is 3.15. The van der Waals surface area contributed by atoms with Gasteiger partial charge < -0.3 is 4.98 Å². The molecule has 1 aromatic carbocycles. The molecule has 0 bridgehead atoms. The van der Waals surface area contributed by atoms with E-state index in [-0.39, 0.29) is 0 Å². The predicted octanol–water partition coefficient (Wildman–Crippen LogP) is 5.63. The normalized spacial score (nSPS) is 11.1. The molecule has 4 nitrogen and oxygen atoms in total. The van der Waals surface area contributed by atoms with Crippen molar-refractivity contribution < 1.29 is 0 Å². The maximum Gasteiger partial charge on any atom is 0.109 e. The lowest BCUT2D eigenvalue weighted by atomic mass is 10.0. The van der Waals surface area contributed by atoms with Gasteiger partial charge >= 0.3 is 0 Å². The van der Waals surface area contributed by atoms with Crippen LogP contribution >= 0.6 is 0 Å². The molecule has 0 aliphatic heterocycles. The Morgan fingerprint density at radius 2 is 1.63 bits per heavy atom. The third kappa shape index (κ3) is 3.51. The number of aryl methyl sites for hydroxylation is 1. The van der Waals surface area contributed by atoms with Crippen molar-refractivity contribution in [3.05, 3.63) is 78.5 Å². The van der Waals surface area contributed by atoms with Crippen LogP contribution in [-0.2, 0) is 0 Å². The molecule has 0 saturated carbocycles. The molecule has 0 atom stereocenters. The minimum absolute atomic E-state index is 0.309. The zero-order valence-corrected chi connectivity index (χ0v) is 15.8. The summed E-state index contributed by atoms with van der Waals surface area (Å²) in [5.74, 6) is 1.28. The highest BCUT2D eigenvalue weighted by Crippen LogP contribution is 2.33. The molecule has 0 unspecified atom stereocenters. The lowest BCUT2D eigenvalue weighted by Gasteiger charge is -2.06. The van der Waals surface area contributed by atoms with E-state index in [9.17, 15) is 0 Å². The summed E-state index contributed by atoms with van der Waals surface area (Å²) in [4.78, 5) is 17.3. The van der Waals surface area contributed by atoms with Crippen molar-refractivity contribution in [1.82, 2.24) is 19.9 Å². The van der Waals surface area contributed by atoms with Crippen LogP contribution in [0.2, 0.25) is 0 Å². The summed E-state index contributed by atoms with van der Waals surface area (Å²) in [5.41, 5.74) is 7.08. The topological polar surface area (TPSA) is 54.5 Å². The van der Waals surface area contributed by atoms with Crippen LogP contribution < -0.4 is 0 Å². The van der Waals surface area contributed by atoms with E-state index in [1.54, 1.807) is 6.20 Å². The van der Waals surface area contributed by atoms with Gasteiger partial charge in [0.05, 0.1) is 17.1 Å². The van der Waals surface area contributed by atoms with Crippen LogP contribution in [0.5, 0.6) is 0 Å². The molecule has 4 aromatic rings. The minimum Gasteiger partial charge on any atom is -0.340 e. The predicted molar refractivity (Wildman–Crippen MR) is 109 cm³/mol. The monoisotopic (exact) mass is 354 g/mol. The SMILES string of the molecule is Cc1cccc(-c2[nH]c(C(C)C)nc2-c2cccc(-c3cccnc3)c2)n1. The third-order valence-electron chi connectivity index (χ3n) is 4.54. The summed E-state index contributed by atoms with van der Waals surface area (Å²) in [6, 6.07) is 18.5. The molecule has 0 fully saturated rings. The zero-order chi connectivity index (χ0) is 18.8. The van der Waals surface area contributed by atoms with Gasteiger partial charge in [-0.25, -0.2) is 4.98 Å². The molecule has 3 aromatic heterocycles. The van der Waals surface area contributed by atoms with Gasteiger partial charge in [0.25, 0.3) is 0 Å². The van der Waals surface area contributed by atoms with Crippen LogP contribution in [0.3, 0.4) is 0 Å². The van der Waals surface area contributed by atoms with E-state index in [1.807, 2.05) is 37.4 Å². The molecular formula is C23H22N4. The van der Waals surface area contributed by atoms with Crippen molar-refractivity contribution in [2.75, 3.05) is 0 Å². The van der Waals surface area contributed by atoms with E-state index in [0.29, 0.717) is 5.92 Å². The van der Waals surface area contributed by atoms with Crippen molar-refractivity contribution in [2.45, 2.75) is 26.7 Å². The van der Waals surface area contributed by atoms with Gasteiger partial charge in [-0.1, -0.05) is 44.2 Å². The quantitative estimate of drug-likeness (QED) is 0.516. The van der Waals surface area contributed by atoms with Crippen LogP contribution in [0, 0.1) is 6.92 Å². The van der Waals surface area contributed by atoms with Crippen molar-refractivity contribution in [2.24, 2.45) is 0 Å². The maximum atomic E-state index is 4.91. The first kappa shape index (κ1) is 17.2. The van der Waals surface area contributed by atoms with Gasteiger partial charge in [-0.05, 0) is 36.8 Å². The van der Waals surface area contributed by atoms with Crippen molar-refractivity contribution in [1.29, 1.82) is 0 Å². The van der Waals surface area contributed by atoms with Crippen LogP contribution in [0.4, 0.5) is 0 Å². The summed E-state index contributed by atoms with van der Waals surface area (Å²) in [6.45, 7) is 6.29. The number of nitrogens with zero attached hydrogens (tertiary/aromatic N) is 3. The fourth-order valence-corrected chi connectivity index (χ4v) is 3.12. The molecule has 0 amide bonds. The molecule has 4 rings (SSSR count). The van der Waals surface area contributed by atoms with Crippen molar-refractivity contribution in [3.63, 3.8) is 0 Å². The molecule has 27 heavy (non-hydrogen) atoms. The van der Waals surface area contributed by atoms with Crippen molar-refractivity contribution >= 4 is 0 Å². The van der Waals surface area contributed by atoms with Crippen LogP contribution in [-0.4, -0.2) is 19.9 Å². The Morgan fingerprint density at radius 1 is 0.852 bits per heavy atom. The van der Waals surface area contributed by atoms with Crippen LogP contribution in [0.25, 0.3) is 33.8 Å². The zero-order valence-electron chi connectivity index (χ0n) is 15.8. The van der Waals surface area contributed by atoms with Crippen molar-refractivity contribution in [3.8, 4) is 33.8 Å². The van der Waals surface area contributed by atoms with Gasteiger partial charge in [-0.3, -0.25) is 9.97 Å². The molecule has 1 N–H and O–H groups in total. The molecule has 0 radical (unpaired) electrons. The van der Waals surface area contributed by atoms with E-state index in [4.69, 9.17) is 9.97 Å². The molecule has 0 spiro atoms. The molecule has 0 aliphatic rings. The first-order valence-corrected chi connectivity index (χ1v) is 9.16.